The van der Waals surface area contributed by atoms with E-state index in [0.29, 0.717) is 73.1 Å². The molecule has 0 spiro atoms. The SMILES string of the molecule is CCC(=O)NCCCCCC(=O)N(CCOC12CC3(C)CC(C)(CC(Cn4ncc(-c5ccc(N6CCc7cccc(C(=O)Nc8nc9ccccc9s8)c7C6)nc5C(=O)O)c4C)(C3)C1)C2)CCS(=O)(=O)O. The van der Waals surface area contributed by atoms with Gasteiger partial charge in [-0.1, -0.05) is 62.8 Å². The summed E-state index contributed by atoms with van der Waals surface area (Å²) >= 11 is 1.42. The standard InChI is InChI=1S/C53H66N8O9S2/c1-5-44(62)54-20-10-6-7-16-45(63)59(23-25-72(67,68)69)22-24-70-53-31-50(3)28-51(4,32-53)30-52(29-50,33-53)34-61-35(2)39(26-55-61)37-17-18-43(57-46(37)48(65)66)60-21-19-36-12-11-13-38(40(36)27-60)47(64)58-49-56-41-14-8-9-15-42(41)71-49/h8-9,11-15,17-18,26H,5-7,10,16,19-25,27-34H2,1-4H3,(H,54,62)(H,65,66)(H,56,58,64)(H,67,68,69). The summed E-state index contributed by atoms with van der Waals surface area (Å²) in [4.78, 5) is 64.6. The number of hydrogen-bond acceptors (Lipinski definition) is 12. The number of pyridine rings is 1. The van der Waals surface area contributed by atoms with Crippen LogP contribution in [0.25, 0.3) is 21.3 Å². The Balaban J connectivity index is 0.883. The van der Waals surface area contributed by atoms with Crippen molar-refractivity contribution >= 4 is 66.3 Å². The van der Waals surface area contributed by atoms with Gasteiger partial charge >= 0.3 is 5.97 Å². The third-order valence-electron chi connectivity index (χ3n) is 15.4. The van der Waals surface area contributed by atoms with Crippen LogP contribution in [0.4, 0.5) is 10.9 Å². The Morgan fingerprint density at radius 2 is 1.68 bits per heavy atom. The number of amides is 3. The van der Waals surface area contributed by atoms with Crippen LogP contribution in [-0.4, -0.2) is 111 Å². The van der Waals surface area contributed by atoms with Crippen molar-refractivity contribution in [2.45, 2.75) is 123 Å². The van der Waals surface area contributed by atoms with E-state index in [1.54, 1.807) is 13.1 Å². The Hall–Kier alpha value is -5.76. The highest BCUT2D eigenvalue weighted by atomic mass is 32.2. The number of carbonyl (C=O) groups is 4. The molecule has 384 valence electrons. The summed E-state index contributed by atoms with van der Waals surface area (Å²) in [5.74, 6) is -1.68. The summed E-state index contributed by atoms with van der Waals surface area (Å²) in [6.07, 6.45) is 10.6. The van der Waals surface area contributed by atoms with Crippen molar-refractivity contribution in [2.24, 2.45) is 16.2 Å². The zero-order valence-corrected chi connectivity index (χ0v) is 43.3. The van der Waals surface area contributed by atoms with E-state index in [2.05, 4.69) is 29.5 Å². The monoisotopic (exact) mass is 1020 g/mol. The van der Waals surface area contributed by atoms with Crippen molar-refractivity contribution in [3.63, 3.8) is 0 Å². The minimum Gasteiger partial charge on any atom is -0.476 e. The number of nitrogens with zero attached hydrogens (tertiary/aromatic N) is 6. The van der Waals surface area contributed by atoms with E-state index in [9.17, 15) is 37.3 Å². The van der Waals surface area contributed by atoms with E-state index in [1.807, 2.05) is 71.1 Å². The van der Waals surface area contributed by atoms with Crippen molar-refractivity contribution in [3.05, 3.63) is 88.9 Å². The molecule has 4 heterocycles. The van der Waals surface area contributed by atoms with Crippen LogP contribution in [0, 0.1) is 23.2 Å². The van der Waals surface area contributed by atoms with Crippen molar-refractivity contribution in [1.29, 1.82) is 0 Å². The zero-order valence-electron chi connectivity index (χ0n) is 41.7. The first-order chi connectivity index (χ1) is 34.3. The molecule has 4 aliphatic carbocycles. The number of para-hydroxylation sites is 1. The number of rotatable bonds is 21. The van der Waals surface area contributed by atoms with Gasteiger partial charge in [0.1, 0.15) is 5.82 Å². The van der Waals surface area contributed by atoms with Crippen LogP contribution in [0.5, 0.6) is 0 Å². The quantitative estimate of drug-likeness (QED) is 0.0401. The van der Waals surface area contributed by atoms with E-state index < -0.39 is 27.4 Å². The number of aromatic carboxylic acids is 1. The lowest BCUT2D eigenvalue weighted by molar-refractivity contribution is -0.248. The predicted molar refractivity (Wildman–Crippen MR) is 276 cm³/mol. The summed E-state index contributed by atoms with van der Waals surface area (Å²) in [6, 6.07) is 17.1. The fourth-order valence-electron chi connectivity index (χ4n) is 13.5. The maximum absolute atomic E-state index is 13.7. The lowest BCUT2D eigenvalue weighted by Gasteiger charge is -2.69. The third-order valence-corrected chi connectivity index (χ3v) is 17.1. The molecular formula is C53H66N8O9S2. The fraction of sp³-hybridized carbons (Fsp3) is 0.528. The molecule has 4 saturated carbocycles. The second kappa shape index (κ2) is 20.3. The van der Waals surface area contributed by atoms with Gasteiger partial charge in [-0.25, -0.2) is 14.8 Å². The van der Waals surface area contributed by atoms with Crippen LogP contribution >= 0.6 is 11.3 Å². The highest BCUT2D eigenvalue weighted by Crippen LogP contribution is 2.72. The Labute approximate surface area is 424 Å². The molecule has 4 bridgehead atoms. The van der Waals surface area contributed by atoms with Gasteiger partial charge in [0.2, 0.25) is 11.8 Å². The largest absolute Gasteiger partial charge is 0.476 e. The van der Waals surface area contributed by atoms with Crippen LogP contribution in [0.15, 0.2) is 60.8 Å². The first kappa shape index (κ1) is 51.2. The van der Waals surface area contributed by atoms with E-state index in [0.717, 1.165) is 78.4 Å². The van der Waals surface area contributed by atoms with Crippen molar-refractivity contribution < 1.29 is 42.0 Å². The number of nitrogens with one attached hydrogen (secondary N) is 2. The summed E-state index contributed by atoms with van der Waals surface area (Å²) in [5.41, 5.74) is 4.56. The Kier molecular flexibility index (Phi) is 14.4. The number of aromatic nitrogens is 4. The van der Waals surface area contributed by atoms with E-state index in [-0.39, 0.29) is 65.8 Å². The molecule has 0 radical (unpaired) electrons. The molecule has 2 unspecified atom stereocenters. The van der Waals surface area contributed by atoms with Crippen LogP contribution in [0.2, 0.25) is 0 Å². The molecule has 17 nitrogen and oxygen atoms in total. The normalized spacial score (nSPS) is 23.3. The number of hydrogen-bond donors (Lipinski definition) is 4. The van der Waals surface area contributed by atoms with Crippen LogP contribution < -0.4 is 15.5 Å². The van der Waals surface area contributed by atoms with Crippen molar-refractivity contribution in [3.8, 4) is 11.1 Å². The average molecular weight is 1020 g/mol. The van der Waals surface area contributed by atoms with Crippen LogP contribution in [0.3, 0.4) is 0 Å². The van der Waals surface area contributed by atoms with Gasteiger partial charge in [0.05, 0.1) is 34.4 Å². The van der Waals surface area contributed by atoms with Crippen molar-refractivity contribution in [2.75, 3.05) is 48.8 Å². The average Bonchev–Trinajstić information content (AvgIpc) is 3.90. The second-order valence-electron chi connectivity index (χ2n) is 21.6. The van der Waals surface area contributed by atoms with Gasteiger partial charge in [-0.2, -0.15) is 13.5 Å². The fourth-order valence-corrected chi connectivity index (χ4v) is 14.8. The smallest absolute Gasteiger partial charge is 0.355 e. The van der Waals surface area contributed by atoms with Gasteiger partial charge in [0, 0.05) is 74.5 Å². The van der Waals surface area contributed by atoms with E-state index in [1.165, 1.54) is 16.2 Å². The number of carboxylic acid groups (broad SMARTS) is 1. The molecule has 5 aliphatic rings. The molecule has 1 aliphatic heterocycles. The summed E-state index contributed by atoms with van der Waals surface area (Å²) in [5, 5.41) is 21.9. The first-order valence-electron chi connectivity index (χ1n) is 25.2. The molecule has 3 amide bonds. The summed E-state index contributed by atoms with van der Waals surface area (Å²) in [7, 11) is -4.30. The number of benzene rings is 2. The molecule has 4 N–H and O–H groups in total. The van der Waals surface area contributed by atoms with Gasteiger partial charge in [0.15, 0.2) is 10.8 Å². The molecule has 10 rings (SSSR count). The Morgan fingerprint density at radius 1 is 0.903 bits per heavy atom. The lowest BCUT2D eigenvalue weighted by Crippen LogP contribution is -2.64. The summed E-state index contributed by atoms with van der Waals surface area (Å²) < 4.78 is 43.1. The van der Waals surface area contributed by atoms with Gasteiger partial charge in [-0.15, -0.1) is 0 Å². The van der Waals surface area contributed by atoms with Crippen LogP contribution in [0.1, 0.15) is 129 Å². The predicted octanol–water partition coefficient (Wildman–Crippen LogP) is 8.32. The molecule has 4 fully saturated rings. The number of unbranched alkanes of at least 4 members (excludes halogenated alkanes) is 2. The van der Waals surface area contributed by atoms with Gasteiger partial charge < -0.3 is 25.0 Å². The van der Waals surface area contributed by atoms with Gasteiger partial charge in [-0.05, 0) is 122 Å². The number of thiazole rings is 1. The molecule has 19 heteroatoms. The molecule has 5 aromatic rings. The minimum absolute atomic E-state index is 0.00335. The topological polar surface area (TPSA) is 226 Å². The molecular weight excluding hydrogens is 957 g/mol. The molecule has 2 atom stereocenters. The molecule has 72 heavy (non-hydrogen) atoms. The highest BCUT2D eigenvalue weighted by Gasteiger charge is 2.66. The maximum Gasteiger partial charge on any atom is 0.355 e. The molecule has 3 aromatic heterocycles. The number of carboxylic acids is 1. The second-order valence-corrected chi connectivity index (χ2v) is 24.2. The maximum atomic E-state index is 13.7. The highest BCUT2D eigenvalue weighted by molar-refractivity contribution is 7.85. The zero-order chi connectivity index (χ0) is 51.1. The van der Waals surface area contributed by atoms with Crippen LogP contribution in [-0.2, 0) is 44.0 Å². The van der Waals surface area contributed by atoms with E-state index >= 15 is 0 Å². The number of carbonyl (C=O) groups excluding carboxylic acids is 3. The summed E-state index contributed by atoms with van der Waals surface area (Å²) in [6.45, 7) is 10.9. The molecule has 2 aromatic carbocycles. The lowest BCUT2D eigenvalue weighted by atomic mass is 9.39. The first-order valence-corrected chi connectivity index (χ1v) is 27.6. The third kappa shape index (κ3) is 11.2. The van der Waals surface area contributed by atoms with Gasteiger partial charge in [-0.3, -0.25) is 28.9 Å². The number of anilines is 2. The Bertz CT molecular complexity index is 2960. The van der Waals surface area contributed by atoms with Crippen molar-refractivity contribution in [1.82, 2.24) is 30.0 Å². The molecule has 0 saturated heterocycles. The number of ether oxygens (including phenoxy) is 1. The minimum atomic E-state index is -4.30. The number of fused-ring (bicyclic) bond motifs is 2. The van der Waals surface area contributed by atoms with E-state index in [4.69, 9.17) is 14.8 Å². The Morgan fingerprint density at radius 3 is 2.42 bits per heavy atom. The van der Waals surface area contributed by atoms with Gasteiger partial charge in [0.25, 0.3) is 16.0 Å².